The van der Waals surface area contributed by atoms with Crippen LogP contribution in [0.15, 0.2) is 29.8 Å². The molecule has 1 aromatic carbocycles. The van der Waals surface area contributed by atoms with Crippen molar-refractivity contribution in [3.8, 4) is 0 Å². The molecule has 21 heavy (non-hydrogen) atoms. The Bertz CT molecular complexity index is 517. The van der Waals surface area contributed by atoms with Crippen molar-refractivity contribution in [1.29, 1.82) is 0 Å². The third-order valence-electron chi connectivity index (χ3n) is 4.17. The summed E-state index contributed by atoms with van der Waals surface area (Å²) < 4.78 is 38.2. The zero-order valence-corrected chi connectivity index (χ0v) is 12.6. The molecule has 0 saturated carbocycles. The second kappa shape index (κ2) is 6.65. The van der Waals surface area contributed by atoms with Gasteiger partial charge in [0, 0.05) is 6.04 Å². The van der Waals surface area contributed by atoms with Gasteiger partial charge in [0.05, 0.1) is 5.56 Å². The zero-order chi connectivity index (χ0) is 15.5. The van der Waals surface area contributed by atoms with E-state index in [-0.39, 0.29) is 6.04 Å². The summed E-state index contributed by atoms with van der Waals surface area (Å²) in [6, 6.07) is 4.12. The number of hydrogen-bond acceptors (Lipinski definition) is 1. The lowest BCUT2D eigenvalue weighted by Crippen LogP contribution is -2.19. The molecule has 0 bridgehead atoms. The second-order valence-electron chi connectivity index (χ2n) is 5.72. The van der Waals surface area contributed by atoms with Gasteiger partial charge in [0.25, 0.3) is 0 Å². The van der Waals surface area contributed by atoms with Crippen molar-refractivity contribution >= 4 is 0 Å². The first-order chi connectivity index (χ1) is 9.91. The van der Waals surface area contributed by atoms with Gasteiger partial charge >= 0.3 is 6.18 Å². The van der Waals surface area contributed by atoms with Crippen molar-refractivity contribution in [1.82, 2.24) is 5.32 Å². The van der Waals surface area contributed by atoms with Crippen LogP contribution in [0.3, 0.4) is 0 Å². The quantitative estimate of drug-likeness (QED) is 0.756. The Balaban J connectivity index is 2.20. The standard InChI is InChI=1S/C17H22F3N/c1-12-10-14(17(18,19)20)8-9-15(12)16(21-2)11-13-6-4-3-5-7-13/h6,8-10,16,21H,3-5,7,11H2,1-2H3. The summed E-state index contributed by atoms with van der Waals surface area (Å²) in [7, 11) is 1.87. The SMILES string of the molecule is CNC(CC1=CCCCC1)c1ccc(C(F)(F)F)cc1C. The van der Waals surface area contributed by atoms with Crippen LogP contribution in [0.2, 0.25) is 0 Å². The molecule has 1 N–H and O–H groups in total. The molecule has 1 aliphatic rings. The molecule has 0 spiro atoms. The Labute approximate surface area is 124 Å². The average Bonchev–Trinajstić information content (AvgIpc) is 2.45. The second-order valence-corrected chi connectivity index (χ2v) is 5.72. The van der Waals surface area contributed by atoms with E-state index in [1.165, 1.54) is 30.5 Å². The van der Waals surface area contributed by atoms with E-state index >= 15 is 0 Å². The predicted molar refractivity (Wildman–Crippen MR) is 79.1 cm³/mol. The van der Waals surface area contributed by atoms with Crippen LogP contribution in [0.1, 0.15) is 54.8 Å². The molecule has 1 aliphatic carbocycles. The van der Waals surface area contributed by atoms with Gasteiger partial charge in [0.15, 0.2) is 0 Å². The van der Waals surface area contributed by atoms with E-state index < -0.39 is 11.7 Å². The fourth-order valence-electron chi connectivity index (χ4n) is 2.96. The Morgan fingerprint density at radius 3 is 2.52 bits per heavy atom. The van der Waals surface area contributed by atoms with Gasteiger partial charge in [-0.25, -0.2) is 0 Å². The van der Waals surface area contributed by atoms with Crippen LogP contribution in [0, 0.1) is 6.92 Å². The highest BCUT2D eigenvalue weighted by molar-refractivity contribution is 5.35. The van der Waals surface area contributed by atoms with Crippen molar-refractivity contribution < 1.29 is 13.2 Å². The normalized spacial score (nSPS) is 17.5. The van der Waals surface area contributed by atoms with Gasteiger partial charge < -0.3 is 5.32 Å². The van der Waals surface area contributed by atoms with E-state index in [1.54, 1.807) is 13.0 Å². The third-order valence-corrected chi connectivity index (χ3v) is 4.17. The maximum Gasteiger partial charge on any atom is 0.416 e. The molecule has 0 amide bonds. The minimum absolute atomic E-state index is 0.0802. The maximum absolute atomic E-state index is 12.7. The maximum atomic E-state index is 12.7. The van der Waals surface area contributed by atoms with Crippen molar-refractivity contribution in [2.24, 2.45) is 0 Å². The van der Waals surface area contributed by atoms with E-state index in [2.05, 4.69) is 11.4 Å². The molecule has 2 rings (SSSR count). The summed E-state index contributed by atoms with van der Waals surface area (Å²) in [5, 5.41) is 3.24. The van der Waals surface area contributed by atoms with Gasteiger partial charge in [-0.2, -0.15) is 13.2 Å². The van der Waals surface area contributed by atoms with Gasteiger partial charge in [0.1, 0.15) is 0 Å². The fraction of sp³-hybridized carbons (Fsp3) is 0.529. The molecule has 0 aliphatic heterocycles. The lowest BCUT2D eigenvalue weighted by molar-refractivity contribution is -0.137. The number of halogens is 3. The lowest BCUT2D eigenvalue weighted by atomic mass is 9.89. The molecule has 0 radical (unpaired) electrons. The molecule has 0 fully saturated rings. The monoisotopic (exact) mass is 297 g/mol. The van der Waals surface area contributed by atoms with Gasteiger partial charge in [-0.05, 0) is 69.3 Å². The number of benzene rings is 1. The highest BCUT2D eigenvalue weighted by atomic mass is 19.4. The number of alkyl halides is 3. The summed E-state index contributed by atoms with van der Waals surface area (Å²) in [5.74, 6) is 0. The first kappa shape index (κ1) is 16.1. The Kier molecular flexibility index (Phi) is 5.09. The summed E-state index contributed by atoms with van der Waals surface area (Å²) in [5.41, 5.74) is 2.49. The van der Waals surface area contributed by atoms with Crippen molar-refractivity contribution in [2.75, 3.05) is 7.05 Å². The fourth-order valence-corrected chi connectivity index (χ4v) is 2.96. The van der Waals surface area contributed by atoms with Gasteiger partial charge in [-0.15, -0.1) is 0 Å². The minimum atomic E-state index is -4.27. The number of nitrogens with one attached hydrogen (secondary N) is 1. The number of rotatable bonds is 4. The smallest absolute Gasteiger partial charge is 0.313 e. The van der Waals surface area contributed by atoms with Crippen LogP contribution in [0.5, 0.6) is 0 Å². The van der Waals surface area contributed by atoms with Crippen LogP contribution in [-0.4, -0.2) is 7.05 Å². The van der Waals surface area contributed by atoms with Crippen LogP contribution >= 0.6 is 0 Å². The molecule has 116 valence electrons. The molecule has 1 atom stereocenters. The average molecular weight is 297 g/mol. The Morgan fingerprint density at radius 1 is 1.24 bits per heavy atom. The van der Waals surface area contributed by atoms with Gasteiger partial charge in [-0.3, -0.25) is 0 Å². The first-order valence-electron chi connectivity index (χ1n) is 7.44. The van der Waals surface area contributed by atoms with Crippen molar-refractivity contribution in [3.63, 3.8) is 0 Å². The highest BCUT2D eigenvalue weighted by Crippen LogP contribution is 2.33. The van der Waals surface area contributed by atoms with Crippen LogP contribution in [-0.2, 0) is 6.18 Å². The highest BCUT2D eigenvalue weighted by Gasteiger charge is 2.31. The van der Waals surface area contributed by atoms with E-state index in [9.17, 15) is 13.2 Å². The molecule has 1 aromatic rings. The van der Waals surface area contributed by atoms with Gasteiger partial charge in [0.2, 0.25) is 0 Å². The summed E-state index contributed by atoms with van der Waals surface area (Å²) >= 11 is 0. The van der Waals surface area contributed by atoms with E-state index in [0.29, 0.717) is 5.56 Å². The van der Waals surface area contributed by atoms with Crippen LogP contribution in [0.25, 0.3) is 0 Å². The molecular formula is C17H22F3N. The van der Waals surface area contributed by atoms with Crippen molar-refractivity contribution in [2.45, 2.75) is 51.2 Å². The van der Waals surface area contributed by atoms with Gasteiger partial charge in [-0.1, -0.05) is 17.7 Å². The topological polar surface area (TPSA) is 12.0 Å². The molecule has 1 nitrogen and oxygen atoms in total. The van der Waals surface area contributed by atoms with E-state index in [1.807, 2.05) is 7.05 Å². The van der Waals surface area contributed by atoms with E-state index in [4.69, 9.17) is 0 Å². The molecule has 0 saturated heterocycles. The Morgan fingerprint density at radius 2 is 2.00 bits per heavy atom. The zero-order valence-electron chi connectivity index (χ0n) is 12.6. The van der Waals surface area contributed by atoms with E-state index in [0.717, 1.165) is 24.8 Å². The van der Waals surface area contributed by atoms with Crippen LogP contribution < -0.4 is 5.32 Å². The van der Waals surface area contributed by atoms with Crippen LogP contribution in [0.4, 0.5) is 13.2 Å². The molecule has 0 heterocycles. The Hall–Kier alpha value is -1.29. The van der Waals surface area contributed by atoms with Crippen molar-refractivity contribution in [3.05, 3.63) is 46.5 Å². The minimum Gasteiger partial charge on any atom is -0.313 e. The molecule has 4 heteroatoms. The third kappa shape index (κ3) is 4.10. The number of allylic oxidation sites excluding steroid dienone is 1. The molecule has 1 unspecified atom stereocenters. The predicted octanol–water partition coefficient (Wildman–Crippen LogP) is 5.16. The molecule has 0 aromatic heterocycles. The summed E-state index contributed by atoms with van der Waals surface area (Å²) in [6.45, 7) is 1.75. The largest absolute Gasteiger partial charge is 0.416 e. The number of hydrogen-bond donors (Lipinski definition) is 1. The summed E-state index contributed by atoms with van der Waals surface area (Å²) in [6.07, 6.45) is 3.58. The first-order valence-corrected chi connectivity index (χ1v) is 7.44. The summed E-state index contributed by atoms with van der Waals surface area (Å²) in [4.78, 5) is 0. The number of aryl methyl sites for hydroxylation is 1. The lowest BCUT2D eigenvalue weighted by Gasteiger charge is -2.23. The molecular weight excluding hydrogens is 275 g/mol.